The number of aryl methyl sites for hydroxylation is 3. The van der Waals surface area contributed by atoms with Gasteiger partial charge in [0.25, 0.3) is 0 Å². The lowest BCUT2D eigenvalue weighted by Crippen LogP contribution is -2.02. The highest BCUT2D eigenvalue weighted by Gasteiger charge is 2.10. The van der Waals surface area contributed by atoms with Crippen LogP contribution in [0.3, 0.4) is 0 Å². The summed E-state index contributed by atoms with van der Waals surface area (Å²) < 4.78 is 5.84. The fourth-order valence-electron chi connectivity index (χ4n) is 2.18. The number of aliphatic carboxylic acids is 1. The van der Waals surface area contributed by atoms with Crippen molar-refractivity contribution < 1.29 is 14.6 Å². The minimum absolute atomic E-state index is 0.154. The van der Waals surface area contributed by atoms with Crippen molar-refractivity contribution in [3.05, 3.63) is 44.9 Å². The quantitative estimate of drug-likeness (QED) is 0.845. The molecule has 1 N–H and O–H groups in total. The van der Waals surface area contributed by atoms with Crippen LogP contribution in [0.1, 0.15) is 33.1 Å². The van der Waals surface area contributed by atoms with Crippen LogP contribution in [0.15, 0.2) is 18.2 Å². The monoisotopic (exact) mass is 319 g/mol. The Kier molecular flexibility index (Phi) is 5.55. The molecule has 0 radical (unpaired) electrons. The number of hydrogen-bond donors (Lipinski definition) is 1. The zero-order valence-electron chi connectivity index (χ0n) is 13.2. The Morgan fingerprint density at radius 2 is 2.05 bits per heavy atom. The predicted molar refractivity (Wildman–Crippen MR) is 87.9 cm³/mol. The normalized spacial score (nSPS) is 10.7. The summed E-state index contributed by atoms with van der Waals surface area (Å²) in [4.78, 5) is 16.2. The molecule has 1 aromatic heterocycles. The minimum Gasteiger partial charge on any atom is -0.493 e. The molecular formula is C17H21NO3S. The van der Waals surface area contributed by atoms with Crippen LogP contribution in [0.2, 0.25) is 0 Å². The number of benzene rings is 1. The molecule has 5 heteroatoms. The average molecular weight is 319 g/mol. The van der Waals surface area contributed by atoms with E-state index in [0.717, 1.165) is 27.7 Å². The summed E-state index contributed by atoms with van der Waals surface area (Å²) in [5, 5.41) is 9.76. The number of hydrogen-bond acceptors (Lipinski definition) is 4. The minimum atomic E-state index is -0.771. The first-order valence-corrected chi connectivity index (χ1v) is 8.15. The second kappa shape index (κ2) is 7.40. The molecule has 0 aliphatic heterocycles. The molecule has 0 spiro atoms. The van der Waals surface area contributed by atoms with Crippen molar-refractivity contribution in [3.63, 3.8) is 0 Å². The van der Waals surface area contributed by atoms with Crippen LogP contribution in [-0.2, 0) is 17.6 Å². The van der Waals surface area contributed by atoms with E-state index >= 15 is 0 Å². The van der Waals surface area contributed by atoms with Crippen molar-refractivity contribution in [3.8, 4) is 5.75 Å². The van der Waals surface area contributed by atoms with Gasteiger partial charge < -0.3 is 9.84 Å². The molecule has 22 heavy (non-hydrogen) atoms. The van der Waals surface area contributed by atoms with Crippen molar-refractivity contribution in [2.24, 2.45) is 0 Å². The maximum absolute atomic E-state index is 10.6. The summed E-state index contributed by atoms with van der Waals surface area (Å²) in [7, 11) is 0. The number of ether oxygens (including phenoxy) is 1. The van der Waals surface area contributed by atoms with Crippen molar-refractivity contribution in [2.75, 3.05) is 6.61 Å². The van der Waals surface area contributed by atoms with Gasteiger partial charge in [0.1, 0.15) is 5.75 Å². The molecule has 1 heterocycles. The highest BCUT2D eigenvalue weighted by atomic mass is 32.1. The van der Waals surface area contributed by atoms with E-state index in [4.69, 9.17) is 9.84 Å². The summed E-state index contributed by atoms with van der Waals surface area (Å²) in [6.45, 7) is 6.64. The lowest BCUT2D eigenvalue weighted by Gasteiger charge is -2.09. The van der Waals surface area contributed by atoms with E-state index in [-0.39, 0.29) is 6.42 Å². The molecule has 0 saturated heterocycles. The van der Waals surface area contributed by atoms with Gasteiger partial charge in [-0.15, -0.1) is 11.3 Å². The van der Waals surface area contributed by atoms with Gasteiger partial charge in [0.15, 0.2) is 0 Å². The van der Waals surface area contributed by atoms with Crippen LogP contribution < -0.4 is 4.74 Å². The third kappa shape index (κ3) is 4.31. The third-order valence-electron chi connectivity index (χ3n) is 3.63. The molecule has 118 valence electrons. The van der Waals surface area contributed by atoms with E-state index in [1.165, 1.54) is 11.1 Å². The van der Waals surface area contributed by atoms with E-state index < -0.39 is 5.97 Å². The Labute approximate surface area is 134 Å². The molecule has 2 aromatic rings. The Morgan fingerprint density at radius 1 is 1.27 bits per heavy atom. The number of nitrogens with zero attached hydrogens (tertiary/aromatic N) is 1. The van der Waals surface area contributed by atoms with Gasteiger partial charge in [-0.25, -0.2) is 4.98 Å². The predicted octanol–water partition coefficient (Wildman–Crippen LogP) is 3.71. The molecule has 0 bridgehead atoms. The number of carboxylic acid groups (broad SMARTS) is 1. The second-order valence-electron chi connectivity index (χ2n) is 5.31. The number of rotatable bonds is 7. The number of carboxylic acids is 1. The van der Waals surface area contributed by atoms with Gasteiger partial charge in [-0.05, 0) is 44.4 Å². The number of carbonyl (C=O) groups is 1. The summed E-state index contributed by atoms with van der Waals surface area (Å²) in [6, 6.07) is 6.05. The zero-order valence-corrected chi connectivity index (χ0v) is 14.0. The summed E-state index contributed by atoms with van der Waals surface area (Å²) in [5.74, 6) is 0.145. The molecule has 0 amide bonds. The van der Waals surface area contributed by atoms with Crippen LogP contribution in [-0.4, -0.2) is 22.7 Å². The molecule has 0 saturated carbocycles. The summed E-state index contributed by atoms with van der Waals surface area (Å²) >= 11 is 1.59. The van der Waals surface area contributed by atoms with Crippen LogP contribution in [0.5, 0.6) is 5.75 Å². The van der Waals surface area contributed by atoms with Gasteiger partial charge >= 0.3 is 5.97 Å². The standard InChI is InChI=1S/C17H21NO3S/c1-11-5-4-6-14(12(11)2)21-10-9-16-18-13(3)15(22-16)7-8-17(19)20/h4-6H,7-10H2,1-3H3,(H,19,20). The van der Waals surface area contributed by atoms with Crippen molar-refractivity contribution in [2.45, 2.75) is 40.0 Å². The molecular weight excluding hydrogens is 298 g/mol. The first-order valence-electron chi connectivity index (χ1n) is 7.33. The van der Waals surface area contributed by atoms with Crippen LogP contribution in [0.4, 0.5) is 0 Å². The van der Waals surface area contributed by atoms with Crippen LogP contribution in [0, 0.1) is 20.8 Å². The zero-order chi connectivity index (χ0) is 16.1. The van der Waals surface area contributed by atoms with Crippen LogP contribution >= 0.6 is 11.3 Å². The third-order valence-corrected chi connectivity index (χ3v) is 4.91. The van der Waals surface area contributed by atoms with Crippen molar-refractivity contribution >= 4 is 17.3 Å². The van der Waals surface area contributed by atoms with E-state index in [1.807, 2.05) is 19.1 Å². The smallest absolute Gasteiger partial charge is 0.303 e. The molecule has 2 rings (SSSR count). The summed E-state index contributed by atoms with van der Waals surface area (Å²) in [5.41, 5.74) is 3.33. The Balaban J connectivity index is 1.90. The first kappa shape index (κ1) is 16.5. The van der Waals surface area contributed by atoms with E-state index in [2.05, 4.69) is 24.9 Å². The van der Waals surface area contributed by atoms with Gasteiger partial charge in [-0.3, -0.25) is 4.79 Å². The largest absolute Gasteiger partial charge is 0.493 e. The van der Waals surface area contributed by atoms with Crippen LogP contribution in [0.25, 0.3) is 0 Å². The molecule has 0 fully saturated rings. The average Bonchev–Trinajstić information content (AvgIpc) is 2.81. The van der Waals surface area contributed by atoms with Crippen molar-refractivity contribution in [1.29, 1.82) is 0 Å². The molecule has 0 aliphatic carbocycles. The van der Waals surface area contributed by atoms with E-state index in [1.54, 1.807) is 11.3 Å². The maximum Gasteiger partial charge on any atom is 0.303 e. The molecule has 0 aliphatic rings. The first-order chi connectivity index (χ1) is 10.5. The molecule has 0 unspecified atom stereocenters. The highest BCUT2D eigenvalue weighted by molar-refractivity contribution is 7.11. The van der Waals surface area contributed by atoms with E-state index in [0.29, 0.717) is 13.0 Å². The Morgan fingerprint density at radius 3 is 2.77 bits per heavy atom. The Hall–Kier alpha value is -1.88. The van der Waals surface area contributed by atoms with Gasteiger partial charge in [-0.2, -0.15) is 0 Å². The lowest BCUT2D eigenvalue weighted by molar-refractivity contribution is -0.136. The van der Waals surface area contributed by atoms with Crippen molar-refractivity contribution in [1.82, 2.24) is 4.98 Å². The van der Waals surface area contributed by atoms with Gasteiger partial charge in [0.05, 0.1) is 23.7 Å². The number of thiazole rings is 1. The molecule has 4 nitrogen and oxygen atoms in total. The Bertz CT molecular complexity index is 664. The lowest BCUT2D eigenvalue weighted by atomic mass is 10.1. The fourth-order valence-corrected chi connectivity index (χ4v) is 3.23. The number of aromatic nitrogens is 1. The molecule has 1 aromatic carbocycles. The summed E-state index contributed by atoms with van der Waals surface area (Å²) in [6.07, 6.45) is 1.45. The fraction of sp³-hybridized carbons (Fsp3) is 0.412. The maximum atomic E-state index is 10.6. The molecule has 0 atom stereocenters. The van der Waals surface area contributed by atoms with Gasteiger partial charge in [0, 0.05) is 11.3 Å². The SMILES string of the molecule is Cc1cccc(OCCc2nc(C)c(CCC(=O)O)s2)c1C. The second-order valence-corrected chi connectivity index (χ2v) is 6.47. The van der Waals surface area contributed by atoms with E-state index in [9.17, 15) is 4.79 Å². The highest BCUT2D eigenvalue weighted by Crippen LogP contribution is 2.23. The van der Waals surface area contributed by atoms with Gasteiger partial charge in [0.2, 0.25) is 0 Å². The topological polar surface area (TPSA) is 59.4 Å². The van der Waals surface area contributed by atoms with Gasteiger partial charge in [-0.1, -0.05) is 12.1 Å².